The van der Waals surface area contributed by atoms with Crippen molar-refractivity contribution < 1.29 is 0 Å². The van der Waals surface area contributed by atoms with Crippen molar-refractivity contribution in [3.05, 3.63) is 83.7 Å². The van der Waals surface area contributed by atoms with E-state index in [1.54, 1.807) is 6.20 Å². The van der Waals surface area contributed by atoms with Crippen molar-refractivity contribution in [3.8, 4) is 5.69 Å². The van der Waals surface area contributed by atoms with Crippen LogP contribution in [0.5, 0.6) is 0 Å². The van der Waals surface area contributed by atoms with Crippen molar-refractivity contribution in [1.29, 1.82) is 0 Å². The van der Waals surface area contributed by atoms with Crippen LogP contribution in [0.4, 0.5) is 0 Å². The molecule has 0 amide bonds. The lowest BCUT2D eigenvalue weighted by Gasteiger charge is -2.33. The van der Waals surface area contributed by atoms with Crippen molar-refractivity contribution in [3.63, 3.8) is 0 Å². The van der Waals surface area contributed by atoms with Crippen molar-refractivity contribution in [1.82, 2.24) is 25.3 Å². The molecule has 168 valence electrons. The molecule has 2 heterocycles. The minimum Gasteiger partial charge on any atom is -0.357 e. The van der Waals surface area contributed by atoms with E-state index in [4.69, 9.17) is 4.99 Å². The Labute approximate surface area is 191 Å². The van der Waals surface area contributed by atoms with Crippen LogP contribution in [-0.2, 0) is 13.1 Å². The summed E-state index contributed by atoms with van der Waals surface area (Å²) < 4.78 is 1.88. The van der Waals surface area contributed by atoms with Crippen LogP contribution < -0.4 is 10.6 Å². The van der Waals surface area contributed by atoms with E-state index in [0.29, 0.717) is 12.6 Å². The molecule has 1 saturated heterocycles. The Morgan fingerprint density at radius 1 is 1.09 bits per heavy atom. The lowest BCUT2D eigenvalue weighted by Crippen LogP contribution is -2.48. The highest BCUT2D eigenvalue weighted by atomic mass is 15.3. The first-order valence-electron chi connectivity index (χ1n) is 11.6. The summed E-state index contributed by atoms with van der Waals surface area (Å²) in [6.45, 7) is 9.06. The lowest BCUT2D eigenvalue weighted by molar-refractivity contribution is 0.198. The first kappa shape index (κ1) is 22.1. The van der Waals surface area contributed by atoms with Crippen LogP contribution in [0.25, 0.3) is 5.69 Å². The number of nitrogens with zero attached hydrogens (tertiary/aromatic N) is 4. The maximum atomic E-state index is 4.85. The Hall–Kier alpha value is -3.12. The van der Waals surface area contributed by atoms with E-state index in [-0.39, 0.29) is 0 Å². The molecule has 2 N–H and O–H groups in total. The Kier molecular flexibility index (Phi) is 7.56. The Morgan fingerprint density at radius 2 is 1.94 bits per heavy atom. The fourth-order valence-corrected chi connectivity index (χ4v) is 4.17. The van der Waals surface area contributed by atoms with Gasteiger partial charge in [0.15, 0.2) is 5.96 Å². The first-order valence-corrected chi connectivity index (χ1v) is 11.6. The van der Waals surface area contributed by atoms with E-state index < -0.39 is 0 Å². The normalized spacial score (nSPS) is 15.6. The minimum atomic E-state index is 0.455. The van der Waals surface area contributed by atoms with Gasteiger partial charge in [-0.25, -0.2) is 9.67 Å². The van der Waals surface area contributed by atoms with E-state index in [1.165, 1.54) is 16.7 Å². The van der Waals surface area contributed by atoms with Gasteiger partial charge in [0.2, 0.25) is 0 Å². The number of guanidine groups is 1. The molecule has 32 heavy (non-hydrogen) atoms. The van der Waals surface area contributed by atoms with Gasteiger partial charge in [-0.15, -0.1) is 0 Å². The molecule has 6 nitrogen and oxygen atoms in total. The third-order valence-electron chi connectivity index (χ3n) is 6.03. The summed E-state index contributed by atoms with van der Waals surface area (Å²) in [5, 5.41) is 11.4. The summed E-state index contributed by atoms with van der Waals surface area (Å²) >= 11 is 0. The van der Waals surface area contributed by atoms with E-state index in [2.05, 4.69) is 83.0 Å². The fourth-order valence-electron chi connectivity index (χ4n) is 4.17. The molecule has 4 rings (SSSR count). The second-order valence-corrected chi connectivity index (χ2v) is 8.44. The van der Waals surface area contributed by atoms with E-state index in [9.17, 15) is 0 Å². The largest absolute Gasteiger partial charge is 0.357 e. The molecule has 3 aromatic rings. The molecule has 0 spiro atoms. The van der Waals surface area contributed by atoms with Gasteiger partial charge in [-0.05, 0) is 61.6 Å². The molecule has 1 aliphatic rings. The quantitative estimate of drug-likeness (QED) is 0.441. The molecular weight excluding hydrogens is 396 g/mol. The van der Waals surface area contributed by atoms with Crippen molar-refractivity contribution in [2.24, 2.45) is 4.99 Å². The van der Waals surface area contributed by atoms with Gasteiger partial charge in [-0.2, -0.15) is 5.10 Å². The third-order valence-corrected chi connectivity index (χ3v) is 6.03. The maximum absolute atomic E-state index is 4.85. The zero-order valence-corrected chi connectivity index (χ0v) is 19.2. The topological polar surface area (TPSA) is 57.5 Å². The van der Waals surface area contributed by atoms with Crippen LogP contribution in [0.3, 0.4) is 0 Å². The maximum Gasteiger partial charge on any atom is 0.191 e. The molecule has 0 atom stereocenters. The zero-order chi connectivity index (χ0) is 22.2. The number of hydrogen-bond acceptors (Lipinski definition) is 3. The van der Waals surface area contributed by atoms with E-state index >= 15 is 0 Å². The average molecular weight is 431 g/mol. The van der Waals surface area contributed by atoms with Gasteiger partial charge in [-0.1, -0.05) is 36.4 Å². The van der Waals surface area contributed by atoms with Crippen LogP contribution in [-0.4, -0.2) is 46.3 Å². The number of likely N-dealkylation sites (tertiary alicyclic amines) is 1. The zero-order valence-electron chi connectivity index (χ0n) is 19.2. The van der Waals surface area contributed by atoms with Crippen molar-refractivity contribution >= 4 is 5.96 Å². The summed E-state index contributed by atoms with van der Waals surface area (Å²) in [6, 6.07) is 19.5. The highest BCUT2D eigenvalue weighted by Gasteiger charge is 2.20. The fraction of sp³-hybridized carbons (Fsp3) is 0.385. The smallest absolute Gasteiger partial charge is 0.191 e. The summed E-state index contributed by atoms with van der Waals surface area (Å²) in [4.78, 5) is 7.41. The van der Waals surface area contributed by atoms with Crippen LogP contribution in [0.15, 0.2) is 72.0 Å². The van der Waals surface area contributed by atoms with Crippen molar-refractivity contribution in [2.75, 3.05) is 19.6 Å². The predicted molar refractivity (Wildman–Crippen MR) is 131 cm³/mol. The lowest BCUT2D eigenvalue weighted by atomic mass is 10.0. The summed E-state index contributed by atoms with van der Waals surface area (Å²) in [5.74, 6) is 0.898. The Bertz CT molecular complexity index is 1000. The molecule has 0 aliphatic carbocycles. The van der Waals surface area contributed by atoms with Gasteiger partial charge in [0.05, 0.1) is 12.2 Å². The predicted octanol–water partition coefficient (Wildman–Crippen LogP) is 3.90. The van der Waals surface area contributed by atoms with Gasteiger partial charge in [0.1, 0.15) is 0 Å². The number of aryl methyl sites for hydroxylation is 1. The molecule has 0 bridgehead atoms. The highest BCUT2D eigenvalue weighted by molar-refractivity contribution is 5.80. The van der Waals surface area contributed by atoms with Crippen LogP contribution in [0.2, 0.25) is 0 Å². The SMILES string of the molecule is CCNC(=NCc1cccc(-n2cccn2)c1)NC1CCN(Cc2ccccc2C)CC1. The number of rotatable bonds is 7. The van der Waals surface area contributed by atoms with Gasteiger partial charge in [-0.3, -0.25) is 4.90 Å². The van der Waals surface area contributed by atoms with E-state index in [0.717, 1.165) is 50.7 Å². The van der Waals surface area contributed by atoms with Gasteiger partial charge >= 0.3 is 0 Å². The minimum absolute atomic E-state index is 0.455. The van der Waals surface area contributed by atoms with E-state index in [1.807, 2.05) is 16.9 Å². The number of aliphatic imine (C=N–C) groups is 1. The molecule has 6 heteroatoms. The summed E-state index contributed by atoms with van der Waals surface area (Å²) in [5.41, 5.74) is 5.04. The molecule has 1 fully saturated rings. The second kappa shape index (κ2) is 11.0. The first-order chi connectivity index (χ1) is 15.7. The third kappa shape index (κ3) is 5.98. The van der Waals surface area contributed by atoms with Crippen LogP contribution in [0.1, 0.15) is 36.5 Å². The van der Waals surface area contributed by atoms with Crippen molar-refractivity contribution in [2.45, 2.75) is 45.8 Å². The van der Waals surface area contributed by atoms with Gasteiger partial charge in [0, 0.05) is 44.6 Å². The number of nitrogens with one attached hydrogen (secondary N) is 2. The highest BCUT2D eigenvalue weighted by Crippen LogP contribution is 2.16. The number of piperidine rings is 1. The second-order valence-electron chi connectivity index (χ2n) is 8.44. The molecule has 1 aromatic heterocycles. The summed E-state index contributed by atoms with van der Waals surface area (Å²) in [6.07, 6.45) is 6.01. The molecule has 0 unspecified atom stereocenters. The molecule has 1 aliphatic heterocycles. The molecule has 0 radical (unpaired) electrons. The average Bonchev–Trinajstić information content (AvgIpc) is 3.36. The molecule has 2 aromatic carbocycles. The van der Waals surface area contributed by atoms with Crippen LogP contribution in [0, 0.1) is 6.92 Å². The Balaban J connectivity index is 1.31. The van der Waals surface area contributed by atoms with Gasteiger partial charge < -0.3 is 10.6 Å². The number of aromatic nitrogens is 2. The number of benzene rings is 2. The number of hydrogen-bond donors (Lipinski definition) is 2. The van der Waals surface area contributed by atoms with Gasteiger partial charge in [0.25, 0.3) is 0 Å². The molecular formula is C26H34N6. The molecule has 0 saturated carbocycles. The monoisotopic (exact) mass is 430 g/mol. The van der Waals surface area contributed by atoms with Crippen LogP contribution >= 0.6 is 0 Å². The standard InChI is InChI=1S/C26H34N6/c1-3-27-26(28-19-22-9-6-11-25(18-22)32-15-7-14-29-32)30-24-12-16-31(17-13-24)20-23-10-5-4-8-21(23)2/h4-11,14-15,18,24H,3,12-13,16-17,19-20H2,1-2H3,(H2,27,28,30). The summed E-state index contributed by atoms with van der Waals surface area (Å²) in [7, 11) is 0. The Morgan fingerprint density at radius 3 is 2.69 bits per heavy atom.